The quantitative estimate of drug-likeness (QED) is 0.678. The number of piperazine rings is 1. The standard InChI is InChI=1S/C20H29N3O3.C2HF3O2/c24-19(23-9-3-1-2-4-10-23)16-22-13-11-21(12-14-22)15-17-5-7-18(8-6-17)20(25)26;3-2(4,5)1(6)7/h5-8H,1-4,9-16H2,(H,25,26);(H,6,7). The Bertz CT molecular complexity index is 785. The average Bonchev–Trinajstić information content (AvgIpc) is 3.05. The molecule has 2 fully saturated rings. The van der Waals surface area contributed by atoms with E-state index in [1.165, 1.54) is 12.8 Å². The number of carbonyl (C=O) groups excluding carboxylic acids is 1. The summed E-state index contributed by atoms with van der Waals surface area (Å²) in [7, 11) is 0. The summed E-state index contributed by atoms with van der Waals surface area (Å²) in [5.74, 6) is -3.36. The normalized spacial score (nSPS) is 18.1. The maximum Gasteiger partial charge on any atom is 0.490 e. The van der Waals surface area contributed by atoms with Crippen molar-refractivity contribution < 1.29 is 37.8 Å². The molecule has 0 aromatic heterocycles. The fourth-order valence-corrected chi connectivity index (χ4v) is 3.73. The van der Waals surface area contributed by atoms with Crippen molar-refractivity contribution in [2.24, 2.45) is 0 Å². The highest BCUT2D eigenvalue weighted by molar-refractivity contribution is 5.87. The van der Waals surface area contributed by atoms with Crippen molar-refractivity contribution in [3.63, 3.8) is 0 Å². The molecule has 1 aromatic carbocycles. The van der Waals surface area contributed by atoms with Crippen LogP contribution in [-0.2, 0) is 16.1 Å². The maximum atomic E-state index is 12.5. The number of hydrogen-bond donors (Lipinski definition) is 2. The van der Waals surface area contributed by atoms with E-state index in [1.807, 2.05) is 17.0 Å². The van der Waals surface area contributed by atoms with Crippen LogP contribution in [0.2, 0.25) is 0 Å². The Labute approximate surface area is 190 Å². The minimum absolute atomic E-state index is 0.282. The van der Waals surface area contributed by atoms with Gasteiger partial charge in [-0.1, -0.05) is 25.0 Å². The molecule has 0 saturated carbocycles. The van der Waals surface area contributed by atoms with Gasteiger partial charge in [0.2, 0.25) is 5.91 Å². The van der Waals surface area contributed by atoms with Gasteiger partial charge >= 0.3 is 18.1 Å². The monoisotopic (exact) mass is 473 g/mol. The first-order chi connectivity index (χ1) is 15.6. The topological polar surface area (TPSA) is 101 Å². The Morgan fingerprint density at radius 3 is 1.73 bits per heavy atom. The number of aliphatic carboxylic acids is 1. The molecule has 11 heteroatoms. The minimum atomic E-state index is -5.08. The number of carboxylic acids is 2. The minimum Gasteiger partial charge on any atom is -0.478 e. The van der Waals surface area contributed by atoms with Crippen molar-refractivity contribution in [2.45, 2.75) is 38.4 Å². The Morgan fingerprint density at radius 1 is 0.788 bits per heavy atom. The van der Waals surface area contributed by atoms with Crippen molar-refractivity contribution in [1.82, 2.24) is 14.7 Å². The second-order valence-corrected chi connectivity index (χ2v) is 8.15. The number of hydrogen-bond acceptors (Lipinski definition) is 5. The summed E-state index contributed by atoms with van der Waals surface area (Å²) >= 11 is 0. The van der Waals surface area contributed by atoms with Gasteiger partial charge in [-0.25, -0.2) is 9.59 Å². The summed E-state index contributed by atoms with van der Waals surface area (Å²) < 4.78 is 31.7. The third kappa shape index (κ3) is 9.39. The highest BCUT2D eigenvalue weighted by atomic mass is 19.4. The third-order valence-electron chi connectivity index (χ3n) is 5.63. The summed E-state index contributed by atoms with van der Waals surface area (Å²) in [5, 5.41) is 16.1. The van der Waals surface area contributed by atoms with E-state index in [0.717, 1.165) is 64.2 Å². The molecule has 1 aromatic rings. The van der Waals surface area contributed by atoms with Crippen molar-refractivity contribution in [3.05, 3.63) is 35.4 Å². The number of benzene rings is 1. The van der Waals surface area contributed by atoms with Crippen LogP contribution in [0.1, 0.15) is 41.6 Å². The Hall–Kier alpha value is -2.66. The number of aromatic carboxylic acids is 1. The molecule has 2 heterocycles. The molecule has 0 bridgehead atoms. The molecule has 33 heavy (non-hydrogen) atoms. The number of rotatable bonds is 5. The molecular formula is C22H30F3N3O5. The molecule has 0 unspecified atom stereocenters. The zero-order valence-electron chi connectivity index (χ0n) is 18.4. The van der Waals surface area contributed by atoms with Crippen LogP contribution >= 0.6 is 0 Å². The van der Waals surface area contributed by atoms with E-state index in [0.29, 0.717) is 12.1 Å². The van der Waals surface area contributed by atoms with Crippen LogP contribution in [0.25, 0.3) is 0 Å². The molecule has 0 radical (unpaired) electrons. The van der Waals surface area contributed by atoms with Gasteiger partial charge in [0, 0.05) is 45.8 Å². The van der Waals surface area contributed by atoms with Gasteiger partial charge in [-0.05, 0) is 30.5 Å². The first-order valence-electron chi connectivity index (χ1n) is 10.9. The zero-order chi connectivity index (χ0) is 24.4. The lowest BCUT2D eigenvalue weighted by atomic mass is 10.1. The summed E-state index contributed by atoms with van der Waals surface area (Å²) in [6.45, 7) is 6.91. The van der Waals surface area contributed by atoms with Gasteiger partial charge in [-0.3, -0.25) is 14.6 Å². The van der Waals surface area contributed by atoms with Crippen LogP contribution in [0.5, 0.6) is 0 Å². The van der Waals surface area contributed by atoms with Crippen LogP contribution in [0.15, 0.2) is 24.3 Å². The predicted octanol–water partition coefficient (Wildman–Crippen LogP) is 2.54. The average molecular weight is 473 g/mol. The van der Waals surface area contributed by atoms with Gasteiger partial charge in [-0.15, -0.1) is 0 Å². The molecule has 0 atom stereocenters. The van der Waals surface area contributed by atoms with E-state index in [-0.39, 0.29) is 5.91 Å². The van der Waals surface area contributed by atoms with E-state index in [9.17, 15) is 22.8 Å². The van der Waals surface area contributed by atoms with Crippen molar-refractivity contribution in [3.8, 4) is 0 Å². The first kappa shape index (κ1) is 26.6. The van der Waals surface area contributed by atoms with E-state index < -0.39 is 18.1 Å². The molecule has 184 valence electrons. The molecule has 2 saturated heterocycles. The number of halogens is 3. The van der Waals surface area contributed by atoms with Gasteiger partial charge < -0.3 is 15.1 Å². The number of carbonyl (C=O) groups is 3. The van der Waals surface area contributed by atoms with Crippen LogP contribution in [0, 0.1) is 0 Å². The van der Waals surface area contributed by atoms with Gasteiger partial charge in [0.05, 0.1) is 12.1 Å². The van der Waals surface area contributed by atoms with Crippen LogP contribution in [-0.4, -0.2) is 94.7 Å². The van der Waals surface area contributed by atoms with Gasteiger partial charge in [-0.2, -0.15) is 13.2 Å². The molecule has 0 aliphatic carbocycles. The van der Waals surface area contributed by atoms with Gasteiger partial charge in [0.25, 0.3) is 0 Å². The highest BCUT2D eigenvalue weighted by Gasteiger charge is 2.38. The van der Waals surface area contributed by atoms with Crippen LogP contribution in [0.4, 0.5) is 13.2 Å². The van der Waals surface area contributed by atoms with E-state index in [2.05, 4.69) is 9.80 Å². The highest BCUT2D eigenvalue weighted by Crippen LogP contribution is 2.14. The Kier molecular flexibility index (Phi) is 10.1. The predicted molar refractivity (Wildman–Crippen MR) is 114 cm³/mol. The van der Waals surface area contributed by atoms with Crippen LogP contribution < -0.4 is 0 Å². The van der Waals surface area contributed by atoms with Gasteiger partial charge in [0.1, 0.15) is 0 Å². The zero-order valence-corrected chi connectivity index (χ0v) is 18.4. The van der Waals surface area contributed by atoms with E-state index in [1.54, 1.807) is 12.1 Å². The number of carboxylic acid groups (broad SMARTS) is 2. The lowest BCUT2D eigenvalue weighted by molar-refractivity contribution is -0.192. The summed E-state index contributed by atoms with van der Waals surface area (Å²) in [4.78, 5) is 39.0. The second-order valence-electron chi connectivity index (χ2n) is 8.15. The van der Waals surface area contributed by atoms with Crippen molar-refractivity contribution in [1.29, 1.82) is 0 Å². The Balaban J connectivity index is 0.000000479. The van der Waals surface area contributed by atoms with Crippen molar-refractivity contribution in [2.75, 3.05) is 45.8 Å². The smallest absolute Gasteiger partial charge is 0.478 e. The molecule has 2 N–H and O–H groups in total. The summed E-state index contributed by atoms with van der Waals surface area (Å²) in [5.41, 5.74) is 1.45. The molecule has 0 spiro atoms. The molecular weight excluding hydrogens is 443 g/mol. The number of amides is 1. The molecule has 2 aliphatic heterocycles. The third-order valence-corrected chi connectivity index (χ3v) is 5.63. The summed E-state index contributed by atoms with van der Waals surface area (Å²) in [6.07, 6.45) is -0.313. The van der Waals surface area contributed by atoms with E-state index >= 15 is 0 Å². The number of likely N-dealkylation sites (tertiary alicyclic amines) is 1. The SMILES string of the molecule is O=C(O)C(F)(F)F.O=C(O)c1ccc(CN2CCN(CC(=O)N3CCCCCC3)CC2)cc1. The lowest BCUT2D eigenvalue weighted by Crippen LogP contribution is -2.49. The first-order valence-corrected chi connectivity index (χ1v) is 10.9. The van der Waals surface area contributed by atoms with Gasteiger partial charge in [0.15, 0.2) is 0 Å². The molecule has 3 rings (SSSR count). The summed E-state index contributed by atoms with van der Waals surface area (Å²) in [6, 6.07) is 7.10. The number of nitrogens with zero attached hydrogens (tertiary/aromatic N) is 3. The van der Waals surface area contributed by atoms with Crippen molar-refractivity contribution >= 4 is 17.8 Å². The molecule has 8 nitrogen and oxygen atoms in total. The number of alkyl halides is 3. The maximum absolute atomic E-state index is 12.5. The lowest BCUT2D eigenvalue weighted by Gasteiger charge is -2.35. The molecule has 1 amide bonds. The van der Waals surface area contributed by atoms with Crippen LogP contribution in [0.3, 0.4) is 0 Å². The fourth-order valence-electron chi connectivity index (χ4n) is 3.73. The second kappa shape index (κ2) is 12.5. The van der Waals surface area contributed by atoms with E-state index in [4.69, 9.17) is 15.0 Å². The molecule has 2 aliphatic rings. The Morgan fingerprint density at radius 2 is 1.27 bits per heavy atom. The fraction of sp³-hybridized carbons (Fsp3) is 0.591. The largest absolute Gasteiger partial charge is 0.490 e.